The van der Waals surface area contributed by atoms with E-state index < -0.39 is 0 Å². The number of nitrogens with two attached hydrogens (primary N) is 1. The van der Waals surface area contributed by atoms with E-state index in [-0.39, 0.29) is 0 Å². The largest absolute Gasteiger partial charge is 0.398 e. The minimum absolute atomic E-state index is 0.595. The van der Waals surface area contributed by atoms with Gasteiger partial charge in [0.1, 0.15) is 0 Å². The Bertz CT molecular complexity index is 697. The predicted octanol–water partition coefficient (Wildman–Crippen LogP) is 3.61. The number of rotatable bonds is 4. The summed E-state index contributed by atoms with van der Waals surface area (Å²) in [5.41, 5.74) is 7.61. The standard InChI is InChI=1S/C15H13N3OS/c16-12-8-4-5-9-13(12)20-10-14-17-15(18-19-14)11-6-2-1-3-7-11/h1-9H,10,16H2. The van der Waals surface area contributed by atoms with E-state index in [1.165, 1.54) is 0 Å². The minimum atomic E-state index is 0.595. The van der Waals surface area contributed by atoms with Gasteiger partial charge in [0.25, 0.3) is 0 Å². The van der Waals surface area contributed by atoms with Crippen molar-refractivity contribution in [1.82, 2.24) is 10.1 Å². The summed E-state index contributed by atoms with van der Waals surface area (Å²) in [4.78, 5) is 5.41. The molecule has 2 aromatic carbocycles. The number of para-hydroxylation sites is 1. The Morgan fingerprint density at radius 2 is 1.75 bits per heavy atom. The molecule has 0 saturated heterocycles. The second-order valence-electron chi connectivity index (χ2n) is 4.20. The van der Waals surface area contributed by atoms with Crippen LogP contribution < -0.4 is 5.73 Å². The van der Waals surface area contributed by atoms with Crippen LogP contribution in [0.2, 0.25) is 0 Å². The van der Waals surface area contributed by atoms with Crippen LogP contribution in [-0.4, -0.2) is 10.1 Å². The van der Waals surface area contributed by atoms with Crippen molar-refractivity contribution in [2.75, 3.05) is 5.73 Å². The van der Waals surface area contributed by atoms with E-state index in [4.69, 9.17) is 10.3 Å². The van der Waals surface area contributed by atoms with Crippen molar-refractivity contribution in [1.29, 1.82) is 0 Å². The number of anilines is 1. The average molecular weight is 283 g/mol. The lowest BCUT2D eigenvalue weighted by atomic mass is 10.2. The van der Waals surface area contributed by atoms with Crippen molar-refractivity contribution in [2.45, 2.75) is 10.6 Å². The monoisotopic (exact) mass is 283 g/mol. The molecule has 100 valence electrons. The van der Waals surface area contributed by atoms with Gasteiger partial charge in [-0.05, 0) is 12.1 Å². The zero-order valence-corrected chi connectivity index (χ0v) is 11.5. The zero-order valence-electron chi connectivity index (χ0n) is 10.7. The number of nitrogens with zero attached hydrogens (tertiary/aromatic N) is 2. The Labute approximate surface area is 121 Å². The topological polar surface area (TPSA) is 64.9 Å². The molecule has 0 spiro atoms. The van der Waals surface area contributed by atoms with E-state index in [9.17, 15) is 0 Å². The first-order valence-corrected chi connectivity index (χ1v) is 7.17. The third kappa shape index (κ3) is 2.83. The Morgan fingerprint density at radius 1 is 1.00 bits per heavy atom. The SMILES string of the molecule is Nc1ccccc1SCc1nc(-c2ccccc2)no1. The maximum absolute atomic E-state index is 5.89. The Morgan fingerprint density at radius 3 is 2.55 bits per heavy atom. The highest BCUT2D eigenvalue weighted by Gasteiger charge is 2.09. The van der Waals surface area contributed by atoms with Crippen molar-refractivity contribution in [3.8, 4) is 11.4 Å². The molecule has 0 saturated carbocycles. The summed E-state index contributed by atoms with van der Waals surface area (Å²) >= 11 is 1.59. The molecule has 5 heteroatoms. The molecule has 1 heterocycles. The highest BCUT2D eigenvalue weighted by atomic mass is 32.2. The van der Waals surface area contributed by atoms with Gasteiger partial charge < -0.3 is 10.3 Å². The van der Waals surface area contributed by atoms with Gasteiger partial charge in [-0.3, -0.25) is 0 Å². The molecule has 0 aliphatic heterocycles. The quantitative estimate of drug-likeness (QED) is 0.585. The molecule has 0 unspecified atom stereocenters. The maximum atomic E-state index is 5.89. The molecule has 0 fully saturated rings. The van der Waals surface area contributed by atoms with Crippen LogP contribution in [-0.2, 0) is 5.75 Å². The second-order valence-corrected chi connectivity index (χ2v) is 5.22. The molecular weight excluding hydrogens is 270 g/mol. The predicted molar refractivity (Wildman–Crippen MR) is 80.1 cm³/mol. The fraction of sp³-hybridized carbons (Fsp3) is 0.0667. The van der Waals surface area contributed by atoms with Gasteiger partial charge in [-0.25, -0.2) is 0 Å². The molecule has 20 heavy (non-hydrogen) atoms. The molecule has 3 rings (SSSR count). The minimum Gasteiger partial charge on any atom is -0.398 e. The summed E-state index contributed by atoms with van der Waals surface area (Å²) in [5, 5.41) is 3.99. The van der Waals surface area contributed by atoms with Crippen LogP contribution in [0.4, 0.5) is 5.69 Å². The zero-order chi connectivity index (χ0) is 13.8. The van der Waals surface area contributed by atoms with E-state index in [1.54, 1.807) is 11.8 Å². The van der Waals surface area contributed by atoms with E-state index >= 15 is 0 Å². The van der Waals surface area contributed by atoms with Gasteiger partial charge in [0.2, 0.25) is 11.7 Å². The van der Waals surface area contributed by atoms with E-state index in [2.05, 4.69) is 10.1 Å². The highest BCUT2D eigenvalue weighted by Crippen LogP contribution is 2.27. The fourth-order valence-electron chi connectivity index (χ4n) is 1.77. The van der Waals surface area contributed by atoms with Crippen molar-refractivity contribution in [2.24, 2.45) is 0 Å². The van der Waals surface area contributed by atoms with Crippen molar-refractivity contribution >= 4 is 17.4 Å². The number of benzene rings is 2. The number of thioether (sulfide) groups is 1. The van der Waals surface area contributed by atoms with Crippen molar-refractivity contribution in [3.63, 3.8) is 0 Å². The lowest BCUT2D eigenvalue weighted by Gasteiger charge is -2.01. The maximum Gasteiger partial charge on any atom is 0.237 e. The fourth-order valence-corrected chi connectivity index (χ4v) is 2.58. The van der Waals surface area contributed by atoms with E-state index in [0.29, 0.717) is 17.5 Å². The molecule has 0 bridgehead atoms. The lowest BCUT2D eigenvalue weighted by Crippen LogP contribution is -1.88. The molecular formula is C15H13N3OS. The van der Waals surface area contributed by atoms with Crippen LogP contribution in [0.5, 0.6) is 0 Å². The van der Waals surface area contributed by atoms with E-state index in [1.807, 2.05) is 54.6 Å². The summed E-state index contributed by atoms with van der Waals surface area (Å²) in [7, 11) is 0. The molecule has 3 aromatic rings. The Hall–Kier alpha value is -2.27. The van der Waals surface area contributed by atoms with Crippen LogP contribution in [0.1, 0.15) is 5.89 Å². The first kappa shape index (κ1) is 12.7. The molecule has 0 atom stereocenters. The number of hydrogen-bond donors (Lipinski definition) is 1. The molecule has 0 amide bonds. The summed E-state index contributed by atoms with van der Waals surface area (Å²) in [6, 6.07) is 17.5. The smallest absolute Gasteiger partial charge is 0.237 e. The van der Waals surface area contributed by atoms with Crippen molar-refractivity contribution < 1.29 is 4.52 Å². The van der Waals surface area contributed by atoms with Crippen LogP contribution >= 0.6 is 11.8 Å². The summed E-state index contributed by atoms with van der Waals surface area (Å²) in [6.45, 7) is 0. The normalized spacial score (nSPS) is 10.6. The van der Waals surface area contributed by atoms with Gasteiger partial charge in [-0.2, -0.15) is 4.98 Å². The first-order chi connectivity index (χ1) is 9.83. The van der Waals surface area contributed by atoms with E-state index in [0.717, 1.165) is 16.1 Å². The van der Waals surface area contributed by atoms with Crippen LogP contribution in [0.25, 0.3) is 11.4 Å². The summed E-state index contributed by atoms with van der Waals surface area (Å²) < 4.78 is 5.26. The molecule has 1 aromatic heterocycles. The van der Waals surface area contributed by atoms with Gasteiger partial charge in [0.15, 0.2) is 0 Å². The van der Waals surface area contributed by atoms with Crippen molar-refractivity contribution in [3.05, 3.63) is 60.5 Å². The Balaban J connectivity index is 1.71. The van der Waals surface area contributed by atoms with Crippen LogP contribution in [0.15, 0.2) is 64.0 Å². The third-order valence-electron chi connectivity index (χ3n) is 2.77. The highest BCUT2D eigenvalue weighted by molar-refractivity contribution is 7.98. The number of hydrogen-bond acceptors (Lipinski definition) is 5. The van der Waals surface area contributed by atoms with Crippen LogP contribution in [0.3, 0.4) is 0 Å². The van der Waals surface area contributed by atoms with Gasteiger partial charge in [-0.15, -0.1) is 11.8 Å². The number of aromatic nitrogens is 2. The van der Waals surface area contributed by atoms with Gasteiger partial charge in [0, 0.05) is 16.1 Å². The molecule has 0 radical (unpaired) electrons. The third-order valence-corrected chi connectivity index (χ3v) is 3.84. The molecule has 0 aliphatic rings. The molecule has 0 aliphatic carbocycles. The Kier molecular flexibility index (Phi) is 3.69. The second kappa shape index (κ2) is 5.79. The van der Waals surface area contributed by atoms with Gasteiger partial charge >= 0.3 is 0 Å². The summed E-state index contributed by atoms with van der Waals surface area (Å²) in [6.07, 6.45) is 0. The lowest BCUT2D eigenvalue weighted by molar-refractivity contribution is 0.391. The number of nitrogen functional groups attached to an aromatic ring is 1. The summed E-state index contributed by atoms with van der Waals surface area (Å²) in [5.74, 6) is 1.81. The van der Waals surface area contributed by atoms with Gasteiger partial charge in [0.05, 0.1) is 5.75 Å². The average Bonchev–Trinajstić information content (AvgIpc) is 2.96. The van der Waals surface area contributed by atoms with Gasteiger partial charge in [-0.1, -0.05) is 47.6 Å². The molecule has 4 nitrogen and oxygen atoms in total. The van der Waals surface area contributed by atoms with Crippen LogP contribution in [0, 0.1) is 0 Å². The molecule has 2 N–H and O–H groups in total. The first-order valence-electron chi connectivity index (χ1n) is 6.18.